The van der Waals surface area contributed by atoms with E-state index in [9.17, 15) is 9.18 Å². The lowest BCUT2D eigenvalue weighted by atomic mass is 10.1. The van der Waals surface area contributed by atoms with Crippen molar-refractivity contribution in [2.75, 3.05) is 13.1 Å². The molecule has 1 fully saturated rings. The molecule has 21 heavy (non-hydrogen) atoms. The lowest BCUT2D eigenvalue weighted by Gasteiger charge is -2.39. The van der Waals surface area contributed by atoms with Crippen molar-refractivity contribution in [1.29, 1.82) is 0 Å². The maximum Gasteiger partial charge on any atom is 0.358 e. The molecule has 3 rings (SSSR count). The van der Waals surface area contributed by atoms with Crippen LogP contribution in [0.5, 0.6) is 0 Å². The van der Waals surface area contributed by atoms with Crippen LogP contribution in [0.15, 0.2) is 24.4 Å². The van der Waals surface area contributed by atoms with Gasteiger partial charge in [-0.2, -0.15) is 0 Å². The predicted molar refractivity (Wildman–Crippen MR) is 72.7 cm³/mol. The van der Waals surface area contributed by atoms with E-state index in [1.54, 1.807) is 16.8 Å². The molecule has 6 nitrogen and oxygen atoms in total. The zero-order valence-electron chi connectivity index (χ0n) is 10.9. The second kappa shape index (κ2) is 5.42. The number of likely N-dealkylation sites (tertiary alicyclic amines) is 1. The Balaban J connectivity index is 1.60. The molecule has 0 aliphatic carbocycles. The zero-order valence-corrected chi connectivity index (χ0v) is 11.7. The number of hydrogen-bond acceptors (Lipinski definition) is 4. The van der Waals surface area contributed by atoms with Gasteiger partial charge >= 0.3 is 5.97 Å². The molecule has 0 radical (unpaired) electrons. The minimum Gasteiger partial charge on any atom is -0.476 e. The number of hydrogen-bond donors (Lipinski definition) is 1. The molecule has 0 spiro atoms. The first-order valence-electron chi connectivity index (χ1n) is 6.35. The highest BCUT2D eigenvalue weighted by Gasteiger charge is 2.30. The normalized spacial score (nSPS) is 15.9. The molecular formula is C13H12ClFN4O2. The summed E-state index contributed by atoms with van der Waals surface area (Å²) in [6, 6.07) is 4.83. The molecular weight excluding hydrogens is 299 g/mol. The highest BCUT2D eigenvalue weighted by molar-refractivity contribution is 6.31. The summed E-state index contributed by atoms with van der Waals surface area (Å²) in [5.41, 5.74) is 0.668. The van der Waals surface area contributed by atoms with Crippen molar-refractivity contribution in [3.63, 3.8) is 0 Å². The highest BCUT2D eigenvalue weighted by Crippen LogP contribution is 2.26. The van der Waals surface area contributed by atoms with Gasteiger partial charge in [-0.05, 0) is 11.6 Å². The van der Waals surface area contributed by atoms with Crippen LogP contribution >= 0.6 is 11.6 Å². The van der Waals surface area contributed by atoms with Crippen LogP contribution < -0.4 is 0 Å². The maximum absolute atomic E-state index is 13.3. The van der Waals surface area contributed by atoms with Gasteiger partial charge < -0.3 is 5.11 Å². The first kappa shape index (κ1) is 14.0. The van der Waals surface area contributed by atoms with Crippen molar-refractivity contribution in [3.8, 4) is 0 Å². The second-order valence-corrected chi connectivity index (χ2v) is 5.33. The van der Waals surface area contributed by atoms with Crippen molar-refractivity contribution >= 4 is 17.6 Å². The molecule has 1 aromatic carbocycles. The van der Waals surface area contributed by atoms with E-state index >= 15 is 0 Å². The van der Waals surface area contributed by atoms with Gasteiger partial charge in [0.05, 0.1) is 17.3 Å². The van der Waals surface area contributed by atoms with E-state index in [0.717, 1.165) is 5.56 Å². The molecule has 110 valence electrons. The van der Waals surface area contributed by atoms with Crippen LogP contribution in [0.4, 0.5) is 4.39 Å². The van der Waals surface area contributed by atoms with Crippen LogP contribution in [-0.4, -0.2) is 44.1 Å². The van der Waals surface area contributed by atoms with E-state index in [-0.39, 0.29) is 16.8 Å². The van der Waals surface area contributed by atoms with Crippen LogP contribution in [0.1, 0.15) is 22.1 Å². The third-order valence-corrected chi connectivity index (χ3v) is 3.89. The van der Waals surface area contributed by atoms with Gasteiger partial charge in [-0.25, -0.2) is 13.9 Å². The van der Waals surface area contributed by atoms with Crippen LogP contribution in [-0.2, 0) is 6.54 Å². The number of carboxylic acid groups (broad SMARTS) is 1. The summed E-state index contributed by atoms with van der Waals surface area (Å²) in [4.78, 5) is 12.8. The van der Waals surface area contributed by atoms with Crippen molar-refractivity contribution in [1.82, 2.24) is 19.9 Å². The van der Waals surface area contributed by atoms with Gasteiger partial charge in [0.15, 0.2) is 5.69 Å². The minimum atomic E-state index is -1.09. The van der Waals surface area contributed by atoms with Crippen LogP contribution in [0.2, 0.25) is 5.02 Å². The Kier molecular flexibility index (Phi) is 3.60. The molecule has 0 atom stereocenters. The van der Waals surface area contributed by atoms with Gasteiger partial charge in [-0.15, -0.1) is 5.10 Å². The van der Waals surface area contributed by atoms with E-state index in [1.807, 2.05) is 0 Å². The topological polar surface area (TPSA) is 71.2 Å². The smallest absolute Gasteiger partial charge is 0.358 e. The average Bonchev–Trinajstić information content (AvgIpc) is 2.87. The molecule has 1 aliphatic heterocycles. The Hall–Kier alpha value is -1.99. The Labute approximate surface area is 124 Å². The number of halogens is 2. The fraction of sp³-hybridized carbons (Fsp3) is 0.308. The summed E-state index contributed by atoms with van der Waals surface area (Å²) in [7, 11) is 0. The molecule has 0 unspecified atom stereocenters. The summed E-state index contributed by atoms with van der Waals surface area (Å²) in [6.07, 6.45) is 1.42. The van der Waals surface area contributed by atoms with E-state index in [2.05, 4.69) is 15.2 Å². The van der Waals surface area contributed by atoms with E-state index in [4.69, 9.17) is 16.7 Å². The number of aromatic carboxylic acids is 1. The summed E-state index contributed by atoms with van der Waals surface area (Å²) in [5.74, 6) is -1.52. The van der Waals surface area contributed by atoms with Crippen molar-refractivity contribution in [2.24, 2.45) is 0 Å². The first-order valence-corrected chi connectivity index (χ1v) is 6.73. The maximum atomic E-state index is 13.3. The number of carbonyl (C=O) groups is 1. The van der Waals surface area contributed by atoms with Crippen LogP contribution in [0.3, 0.4) is 0 Å². The van der Waals surface area contributed by atoms with Crippen LogP contribution in [0, 0.1) is 5.82 Å². The largest absolute Gasteiger partial charge is 0.476 e. The van der Waals surface area contributed by atoms with Gasteiger partial charge in [-0.1, -0.05) is 28.9 Å². The summed E-state index contributed by atoms with van der Waals surface area (Å²) < 4.78 is 14.9. The monoisotopic (exact) mass is 310 g/mol. The number of nitrogens with zero attached hydrogens (tertiary/aromatic N) is 4. The predicted octanol–water partition coefficient (Wildman–Crippen LogP) is 1.83. The molecule has 1 saturated heterocycles. The lowest BCUT2D eigenvalue weighted by molar-refractivity contribution is 0.0690. The number of carboxylic acids is 1. The van der Waals surface area contributed by atoms with Gasteiger partial charge in [0.1, 0.15) is 5.82 Å². The third-order valence-electron chi connectivity index (χ3n) is 3.47. The number of aromatic nitrogens is 3. The molecule has 0 amide bonds. The van der Waals surface area contributed by atoms with Crippen molar-refractivity contribution < 1.29 is 14.3 Å². The van der Waals surface area contributed by atoms with E-state index < -0.39 is 11.8 Å². The molecule has 1 aromatic heterocycles. The Bertz CT molecular complexity index is 685. The SMILES string of the molecule is O=C(O)c1cn(C2CN(Cc3cccc(F)c3Cl)C2)nn1. The third kappa shape index (κ3) is 2.74. The Morgan fingerprint density at radius 2 is 2.24 bits per heavy atom. The summed E-state index contributed by atoms with van der Waals surface area (Å²) in [6.45, 7) is 1.93. The standard InChI is InChI=1S/C13H12ClFN4O2/c14-12-8(2-1-3-10(12)15)4-18-5-9(6-18)19-7-11(13(20)21)16-17-19/h1-3,7,9H,4-6H2,(H,20,21). The van der Waals surface area contributed by atoms with Crippen molar-refractivity contribution in [3.05, 3.63) is 46.5 Å². The highest BCUT2D eigenvalue weighted by atomic mass is 35.5. The van der Waals surface area contributed by atoms with Crippen LogP contribution in [0.25, 0.3) is 0 Å². The summed E-state index contributed by atoms with van der Waals surface area (Å²) >= 11 is 5.92. The van der Waals surface area contributed by atoms with Gasteiger partial charge in [0.2, 0.25) is 0 Å². The van der Waals surface area contributed by atoms with Gasteiger partial charge in [0.25, 0.3) is 0 Å². The van der Waals surface area contributed by atoms with E-state index in [1.165, 1.54) is 12.3 Å². The molecule has 2 aromatic rings. The summed E-state index contributed by atoms with van der Waals surface area (Å²) in [5, 5.41) is 16.3. The Morgan fingerprint density at radius 3 is 2.90 bits per heavy atom. The van der Waals surface area contributed by atoms with Crippen molar-refractivity contribution in [2.45, 2.75) is 12.6 Å². The molecule has 8 heteroatoms. The first-order chi connectivity index (χ1) is 10.0. The zero-order chi connectivity index (χ0) is 15.0. The molecule has 0 saturated carbocycles. The molecule has 0 bridgehead atoms. The molecule has 1 aliphatic rings. The van der Waals surface area contributed by atoms with E-state index in [0.29, 0.717) is 19.6 Å². The molecule has 1 N–H and O–H groups in total. The quantitative estimate of drug-likeness (QED) is 0.933. The second-order valence-electron chi connectivity index (χ2n) is 4.95. The fourth-order valence-electron chi connectivity index (χ4n) is 2.30. The van der Waals surface area contributed by atoms with Gasteiger partial charge in [-0.3, -0.25) is 4.90 Å². The minimum absolute atomic E-state index is 0.0679. The Morgan fingerprint density at radius 1 is 1.48 bits per heavy atom. The fourth-order valence-corrected chi connectivity index (χ4v) is 2.49. The lowest BCUT2D eigenvalue weighted by Crippen LogP contribution is -2.47. The number of rotatable bonds is 4. The number of benzene rings is 1. The molecule has 2 heterocycles. The average molecular weight is 311 g/mol. The van der Waals surface area contributed by atoms with Gasteiger partial charge in [0, 0.05) is 19.6 Å².